The highest BCUT2D eigenvalue weighted by atomic mass is 35.5. The molecule has 1 aromatic heterocycles. The normalized spacial score (nSPS) is 10.5. The van der Waals surface area contributed by atoms with E-state index in [1.165, 1.54) is 5.56 Å². The Morgan fingerprint density at radius 3 is 2.45 bits per heavy atom. The van der Waals surface area contributed by atoms with Crippen LogP contribution >= 0.6 is 11.6 Å². The van der Waals surface area contributed by atoms with Gasteiger partial charge < -0.3 is 0 Å². The average Bonchev–Trinajstić information content (AvgIpc) is 2.92. The molecule has 4 nitrogen and oxygen atoms in total. The molecule has 0 saturated carbocycles. The zero-order valence-electron chi connectivity index (χ0n) is 12.2. The van der Waals surface area contributed by atoms with Crippen LogP contribution in [0.1, 0.15) is 16.8 Å². The minimum absolute atomic E-state index is 0.294. The molecule has 0 aliphatic rings. The Balaban J connectivity index is 2.24. The molecule has 5 heteroatoms. The maximum absolute atomic E-state index is 9.32. The van der Waals surface area contributed by atoms with E-state index < -0.39 is 0 Å². The summed E-state index contributed by atoms with van der Waals surface area (Å²) in [5.74, 6) is 0. The quantitative estimate of drug-likeness (QED) is 0.717. The second-order valence-corrected chi connectivity index (χ2v) is 5.54. The predicted octanol–water partition coefficient (Wildman–Crippen LogP) is 4.08. The maximum atomic E-state index is 9.32. The van der Waals surface area contributed by atoms with Crippen LogP contribution in [0.2, 0.25) is 5.02 Å². The van der Waals surface area contributed by atoms with Crippen molar-refractivity contribution in [1.82, 2.24) is 15.0 Å². The van der Waals surface area contributed by atoms with Crippen molar-refractivity contribution in [2.24, 2.45) is 0 Å². The molecule has 3 aromatic rings. The number of halogens is 1. The van der Waals surface area contributed by atoms with Crippen molar-refractivity contribution in [1.29, 1.82) is 5.26 Å². The number of hydrogen-bond donors (Lipinski definition) is 0. The third-order valence-electron chi connectivity index (χ3n) is 3.47. The zero-order valence-corrected chi connectivity index (χ0v) is 13.0. The van der Waals surface area contributed by atoms with Gasteiger partial charge in [-0.15, -0.1) is 5.10 Å². The van der Waals surface area contributed by atoms with E-state index >= 15 is 0 Å². The Morgan fingerprint density at radius 2 is 1.82 bits per heavy atom. The van der Waals surface area contributed by atoms with Gasteiger partial charge in [-0.05, 0) is 37.6 Å². The molecule has 0 radical (unpaired) electrons. The first kappa shape index (κ1) is 14.3. The maximum Gasteiger partial charge on any atom is 0.191 e. The first-order valence-electron chi connectivity index (χ1n) is 6.79. The summed E-state index contributed by atoms with van der Waals surface area (Å²) in [6.45, 7) is 4.06. The average molecular weight is 309 g/mol. The fourth-order valence-corrected chi connectivity index (χ4v) is 2.56. The molecule has 0 saturated heterocycles. The van der Waals surface area contributed by atoms with Gasteiger partial charge in [0.05, 0.1) is 5.69 Å². The predicted molar refractivity (Wildman–Crippen MR) is 86.0 cm³/mol. The molecule has 3 rings (SSSR count). The number of benzene rings is 2. The molecule has 0 bridgehead atoms. The Bertz CT molecular complexity index is 873. The summed E-state index contributed by atoms with van der Waals surface area (Å²) in [7, 11) is 0. The Morgan fingerprint density at radius 1 is 1.09 bits per heavy atom. The summed E-state index contributed by atoms with van der Waals surface area (Å²) in [5.41, 5.74) is 4.98. The van der Waals surface area contributed by atoms with Gasteiger partial charge in [0.2, 0.25) is 0 Å². The summed E-state index contributed by atoms with van der Waals surface area (Å²) in [6, 6.07) is 15.5. The number of nitrogens with zero attached hydrogens (tertiary/aromatic N) is 4. The topological polar surface area (TPSA) is 54.5 Å². The van der Waals surface area contributed by atoms with Gasteiger partial charge in [-0.2, -0.15) is 5.26 Å². The first-order chi connectivity index (χ1) is 10.6. The summed E-state index contributed by atoms with van der Waals surface area (Å²) in [6.07, 6.45) is 0. The minimum atomic E-state index is 0.294. The van der Waals surface area contributed by atoms with Gasteiger partial charge in [0, 0.05) is 10.6 Å². The van der Waals surface area contributed by atoms with Crippen LogP contribution in [-0.2, 0) is 0 Å². The van der Waals surface area contributed by atoms with E-state index in [-0.39, 0.29) is 0 Å². The molecule has 1 heterocycles. The van der Waals surface area contributed by atoms with E-state index in [1.54, 1.807) is 16.8 Å². The second-order valence-electron chi connectivity index (χ2n) is 5.11. The van der Waals surface area contributed by atoms with E-state index in [2.05, 4.69) is 22.4 Å². The molecule has 0 atom stereocenters. The van der Waals surface area contributed by atoms with Crippen molar-refractivity contribution >= 4 is 11.6 Å². The fourth-order valence-electron chi connectivity index (χ4n) is 2.44. The molecule has 2 aromatic carbocycles. The summed E-state index contributed by atoms with van der Waals surface area (Å²) >= 11 is 5.94. The Kier molecular flexibility index (Phi) is 3.66. The molecule has 0 N–H and O–H groups in total. The standard InChI is InChI=1S/C17H13ClN4/c1-11-3-8-16(12(2)9-11)22-17(15(10-19)20-21-22)13-4-6-14(18)7-5-13/h3-9H,1-2H3. The lowest BCUT2D eigenvalue weighted by atomic mass is 10.1. The Hall–Kier alpha value is -2.64. The molecule has 0 amide bonds. The lowest BCUT2D eigenvalue weighted by Gasteiger charge is -2.10. The van der Waals surface area contributed by atoms with Crippen LogP contribution in [0.3, 0.4) is 0 Å². The molecular formula is C17H13ClN4. The van der Waals surface area contributed by atoms with Gasteiger partial charge >= 0.3 is 0 Å². The third kappa shape index (κ3) is 2.47. The van der Waals surface area contributed by atoms with Crippen molar-refractivity contribution in [2.75, 3.05) is 0 Å². The van der Waals surface area contributed by atoms with Gasteiger partial charge in [-0.1, -0.05) is 46.6 Å². The monoisotopic (exact) mass is 308 g/mol. The summed E-state index contributed by atoms with van der Waals surface area (Å²) in [5, 5.41) is 18.1. The molecule has 22 heavy (non-hydrogen) atoms. The number of aryl methyl sites for hydroxylation is 2. The van der Waals surface area contributed by atoms with Gasteiger partial charge in [0.15, 0.2) is 5.69 Å². The molecule has 0 fully saturated rings. The van der Waals surface area contributed by atoms with Crippen LogP contribution in [0, 0.1) is 25.2 Å². The van der Waals surface area contributed by atoms with Gasteiger partial charge in [-0.25, -0.2) is 4.68 Å². The summed E-state index contributed by atoms with van der Waals surface area (Å²) < 4.78 is 1.70. The lowest BCUT2D eigenvalue weighted by molar-refractivity contribution is 0.801. The SMILES string of the molecule is Cc1ccc(-n2nnc(C#N)c2-c2ccc(Cl)cc2)c(C)c1. The number of rotatable bonds is 2. The van der Waals surface area contributed by atoms with Gasteiger partial charge in [0.1, 0.15) is 11.8 Å². The molecule has 0 aliphatic heterocycles. The van der Waals surface area contributed by atoms with Crippen LogP contribution in [-0.4, -0.2) is 15.0 Å². The van der Waals surface area contributed by atoms with E-state index in [4.69, 9.17) is 11.6 Å². The second kappa shape index (κ2) is 5.63. The van der Waals surface area contributed by atoms with Crippen LogP contribution in [0.5, 0.6) is 0 Å². The van der Waals surface area contributed by atoms with E-state index in [0.717, 1.165) is 16.8 Å². The largest absolute Gasteiger partial charge is 0.211 e. The van der Waals surface area contributed by atoms with Crippen molar-refractivity contribution < 1.29 is 0 Å². The first-order valence-corrected chi connectivity index (χ1v) is 7.17. The molecule has 108 valence electrons. The van der Waals surface area contributed by atoms with Gasteiger partial charge in [-0.3, -0.25) is 0 Å². The minimum Gasteiger partial charge on any atom is -0.211 e. The molecule has 0 spiro atoms. The van der Waals surface area contributed by atoms with Crippen molar-refractivity contribution in [3.05, 3.63) is 64.3 Å². The summed E-state index contributed by atoms with van der Waals surface area (Å²) in [4.78, 5) is 0. The van der Waals surface area contributed by atoms with Crippen molar-refractivity contribution in [2.45, 2.75) is 13.8 Å². The van der Waals surface area contributed by atoms with Crippen molar-refractivity contribution in [3.8, 4) is 23.0 Å². The highest BCUT2D eigenvalue weighted by Gasteiger charge is 2.17. The highest BCUT2D eigenvalue weighted by molar-refractivity contribution is 6.30. The smallest absolute Gasteiger partial charge is 0.191 e. The molecular weight excluding hydrogens is 296 g/mol. The lowest BCUT2D eigenvalue weighted by Crippen LogP contribution is -2.02. The number of hydrogen-bond acceptors (Lipinski definition) is 3. The van der Waals surface area contributed by atoms with E-state index in [9.17, 15) is 5.26 Å². The van der Waals surface area contributed by atoms with Crippen LogP contribution in [0.15, 0.2) is 42.5 Å². The van der Waals surface area contributed by atoms with Crippen LogP contribution in [0.4, 0.5) is 0 Å². The van der Waals surface area contributed by atoms with Crippen LogP contribution in [0.25, 0.3) is 16.9 Å². The number of aromatic nitrogens is 3. The highest BCUT2D eigenvalue weighted by Crippen LogP contribution is 2.27. The Labute approximate surface area is 133 Å². The van der Waals surface area contributed by atoms with Gasteiger partial charge in [0.25, 0.3) is 0 Å². The van der Waals surface area contributed by atoms with Crippen molar-refractivity contribution in [3.63, 3.8) is 0 Å². The third-order valence-corrected chi connectivity index (χ3v) is 3.73. The molecule has 0 unspecified atom stereocenters. The number of nitriles is 1. The van der Waals surface area contributed by atoms with E-state index in [0.29, 0.717) is 16.4 Å². The molecule has 0 aliphatic carbocycles. The zero-order chi connectivity index (χ0) is 15.7. The fraction of sp³-hybridized carbons (Fsp3) is 0.118. The van der Waals surface area contributed by atoms with Crippen LogP contribution < -0.4 is 0 Å². The van der Waals surface area contributed by atoms with E-state index in [1.807, 2.05) is 38.1 Å².